The lowest BCUT2D eigenvalue weighted by atomic mass is 9.90. The normalized spacial score (nSPS) is 19.7. The van der Waals surface area contributed by atoms with Crippen LogP contribution in [-0.2, 0) is 0 Å². The maximum atomic E-state index is 11.0. The van der Waals surface area contributed by atoms with Gasteiger partial charge in [0.1, 0.15) is 0 Å². The Kier molecular flexibility index (Phi) is 4.26. The maximum absolute atomic E-state index is 11.0. The number of aliphatic hydroxyl groups excluding tert-OH is 1. The molecule has 3 aromatic carbocycles. The summed E-state index contributed by atoms with van der Waals surface area (Å²) in [6.45, 7) is 3.21. The molecule has 24 heavy (non-hydrogen) atoms. The van der Waals surface area contributed by atoms with Crippen LogP contribution in [-0.4, -0.2) is 17.7 Å². The molecule has 0 aromatic heterocycles. The van der Waals surface area contributed by atoms with Crippen molar-refractivity contribution in [1.29, 1.82) is 0 Å². The smallest absolute Gasteiger partial charge is 0.0811 e. The van der Waals surface area contributed by atoms with Gasteiger partial charge in [0.25, 0.3) is 0 Å². The molecule has 0 saturated carbocycles. The van der Waals surface area contributed by atoms with Gasteiger partial charge in [0, 0.05) is 6.04 Å². The quantitative estimate of drug-likeness (QED) is 0.675. The number of hydrogen-bond acceptors (Lipinski definition) is 2. The van der Waals surface area contributed by atoms with Crippen LogP contribution in [0.2, 0.25) is 0 Å². The van der Waals surface area contributed by atoms with Gasteiger partial charge in [-0.2, -0.15) is 0 Å². The predicted molar refractivity (Wildman–Crippen MR) is 101 cm³/mol. The Morgan fingerprint density at radius 2 is 1.92 bits per heavy atom. The molecule has 1 aliphatic rings. The monoisotopic (exact) mass is 319 g/mol. The molecular formula is C22H25NO. The van der Waals surface area contributed by atoms with Crippen LogP contribution in [0.15, 0.2) is 48.5 Å². The standard InChI is InChI=1S/C22H25NO/c1-15-9-10-19-20(12-15)18-8-3-2-6-16(18)13-21(19)22(24)14-17-7-4-5-11-23-17/h2-3,6,8-10,12-13,17,22-24H,4-5,7,11,14H2,1H3. The van der Waals surface area contributed by atoms with E-state index in [0.29, 0.717) is 6.04 Å². The molecule has 2 nitrogen and oxygen atoms in total. The molecular weight excluding hydrogens is 294 g/mol. The summed E-state index contributed by atoms with van der Waals surface area (Å²) in [6.07, 6.45) is 4.06. The molecule has 0 bridgehead atoms. The third kappa shape index (κ3) is 2.92. The molecule has 124 valence electrons. The molecule has 2 N–H and O–H groups in total. The highest BCUT2D eigenvalue weighted by Gasteiger charge is 2.20. The first-order valence-electron chi connectivity index (χ1n) is 9.06. The summed E-state index contributed by atoms with van der Waals surface area (Å²) in [7, 11) is 0. The van der Waals surface area contributed by atoms with Crippen LogP contribution < -0.4 is 5.32 Å². The van der Waals surface area contributed by atoms with Gasteiger partial charge in [-0.3, -0.25) is 0 Å². The molecule has 2 heteroatoms. The van der Waals surface area contributed by atoms with Crippen molar-refractivity contribution in [2.24, 2.45) is 0 Å². The molecule has 4 rings (SSSR count). The Balaban J connectivity index is 1.80. The van der Waals surface area contributed by atoms with Gasteiger partial charge in [0.2, 0.25) is 0 Å². The Labute approximate surface area is 143 Å². The van der Waals surface area contributed by atoms with E-state index in [9.17, 15) is 5.11 Å². The summed E-state index contributed by atoms with van der Waals surface area (Å²) in [5.74, 6) is 0. The molecule has 1 saturated heterocycles. The fourth-order valence-corrected chi connectivity index (χ4v) is 4.04. The van der Waals surface area contributed by atoms with E-state index >= 15 is 0 Å². The summed E-state index contributed by atoms with van der Waals surface area (Å²) in [4.78, 5) is 0. The van der Waals surface area contributed by atoms with Crippen LogP contribution in [0.25, 0.3) is 21.5 Å². The first kappa shape index (κ1) is 15.6. The summed E-state index contributed by atoms with van der Waals surface area (Å²) in [5, 5.41) is 19.4. The average molecular weight is 319 g/mol. The summed E-state index contributed by atoms with van der Waals surface area (Å²) in [6, 6.07) is 17.7. The van der Waals surface area contributed by atoms with Gasteiger partial charge in [-0.05, 0) is 65.9 Å². The Bertz CT molecular complexity index is 864. The lowest BCUT2D eigenvalue weighted by Crippen LogP contribution is -2.35. The fraction of sp³-hybridized carbons (Fsp3) is 0.364. The number of benzene rings is 3. The van der Waals surface area contributed by atoms with Gasteiger partial charge >= 0.3 is 0 Å². The van der Waals surface area contributed by atoms with E-state index in [-0.39, 0.29) is 0 Å². The van der Waals surface area contributed by atoms with E-state index in [0.717, 1.165) is 18.5 Å². The topological polar surface area (TPSA) is 32.3 Å². The molecule has 2 unspecified atom stereocenters. The molecule has 2 atom stereocenters. The molecule has 0 amide bonds. The third-order valence-corrected chi connectivity index (χ3v) is 5.33. The zero-order chi connectivity index (χ0) is 16.5. The lowest BCUT2D eigenvalue weighted by Gasteiger charge is -2.26. The van der Waals surface area contributed by atoms with Crippen molar-refractivity contribution in [3.8, 4) is 0 Å². The van der Waals surface area contributed by atoms with Gasteiger partial charge in [-0.15, -0.1) is 0 Å². The van der Waals surface area contributed by atoms with Gasteiger partial charge in [-0.1, -0.05) is 54.4 Å². The van der Waals surface area contributed by atoms with Crippen LogP contribution >= 0.6 is 0 Å². The zero-order valence-electron chi connectivity index (χ0n) is 14.3. The van der Waals surface area contributed by atoms with Crippen LogP contribution in [0.5, 0.6) is 0 Å². The average Bonchev–Trinajstić information content (AvgIpc) is 2.61. The molecule has 1 fully saturated rings. The van der Waals surface area contributed by atoms with Gasteiger partial charge in [0.05, 0.1) is 6.10 Å². The minimum absolute atomic E-state index is 0.421. The van der Waals surface area contributed by atoms with Crippen molar-refractivity contribution >= 4 is 21.5 Å². The van der Waals surface area contributed by atoms with Crippen molar-refractivity contribution in [3.05, 3.63) is 59.7 Å². The highest BCUT2D eigenvalue weighted by atomic mass is 16.3. The number of aryl methyl sites for hydroxylation is 1. The summed E-state index contributed by atoms with van der Waals surface area (Å²) < 4.78 is 0. The van der Waals surface area contributed by atoms with Crippen LogP contribution in [0, 0.1) is 6.92 Å². The molecule has 0 radical (unpaired) electrons. The van der Waals surface area contributed by atoms with Gasteiger partial charge in [-0.25, -0.2) is 0 Å². The number of rotatable bonds is 3. The molecule has 1 heterocycles. The fourth-order valence-electron chi connectivity index (χ4n) is 4.04. The number of aliphatic hydroxyl groups is 1. The number of fused-ring (bicyclic) bond motifs is 3. The first-order valence-corrected chi connectivity index (χ1v) is 9.06. The Hall–Kier alpha value is -1.90. The van der Waals surface area contributed by atoms with Gasteiger partial charge < -0.3 is 10.4 Å². The summed E-state index contributed by atoms with van der Waals surface area (Å²) >= 11 is 0. The minimum atomic E-state index is -0.421. The van der Waals surface area contributed by atoms with Crippen molar-refractivity contribution in [3.63, 3.8) is 0 Å². The van der Waals surface area contributed by atoms with Crippen LogP contribution in [0.1, 0.15) is 42.9 Å². The maximum Gasteiger partial charge on any atom is 0.0811 e. The zero-order valence-corrected chi connectivity index (χ0v) is 14.3. The second kappa shape index (κ2) is 6.54. The van der Waals surface area contributed by atoms with E-state index in [1.165, 1.54) is 46.4 Å². The van der Waals surface area contributed by atoms with E-state index in [1.54, 1.807) is 0 Å². The van der Waals surface area contributed by atoms with E-state index in [2.05, 4.69) is 60.8 Å². The predicted octanol–water partition coefficient (Wildman–Crippen LogP) is 4.87. The Morgan fingerprint density at radius 3 is 2.75 bits per heavy atom. The summed E-state index contributed by atoms with van der Waals surface area (Å²) in [5.41, 5.74) is 2.32. The molecule has 0 aliphatic carbocycles. The number of nitrogens with one attached hydrogen (secondary N) is 1. The van der Waals surface area contributed by atoms with Crippen molar-refractivity contribution in [1.82, 2.24) is 5.32 Å². The van der Waals surface area contributed by atoms with Crippen molar-refractivity contribution in [2.75, 3.05) is 6.54 Å². The number of piperidine rings is 1. The van der Waals surface area contributed by atoms with E-state index in [1.807, 2.05) is 0 Å². The minimum Gasteiger partial charge on any atom is -0.388 e. The second-order valence-electron chi connectivity index (χ2n) is 7.13. The third-order valence-electron chi connectivity index (χ3n) is 5.33. The highest BCUT2D eigenvalue weighted by Crippen LogP contribution is 2.34. The Morgan fingerprint density at radius 1 is 1.04 bits per heavy atom. The van der Waals surface area contributed by atoms with Crippen LogP contribution in [0.3, 0.4) is 0 Å². The van der Waals surface area contributed by atoms with Crippen molar-refractivity contribution < 1.29 is 5.11 Å². The van der Waals surface area contributed by atoms with E-state index < -0.39 is 6.10 Å². The molecule has 0 spiro atoms. The first-order chi connectivity index (χ1) is 11.7. The molecule has 3 aromatic rings. The second-order valence-corrected chi connectivity index (χ2v) is 7.13. The molecule has 1 aliphatic heterocycles. The van der Waals surface area contributed by atoms with E-state index in [4.69, 9.17) is 0 Å². The van der Waals surface area contributed by atoms with Crippen molar-refractivity contribution in [2.45, 2.75) is 44.8 Å². The largest absolute Gasteiger partial charge is 0.388 e. The SMILES string of the molecule is Cc1ccc2c(C(O)CC3CCCCN3)cc3ccccc3c2c1. The van der Waals surface area contributed by atoms with Gasteiger partial charge in [0.15, 0.2) is 0 Å². The lowest BCUT2D eigenvalue weighted by molar-refractivity contribution is 0.146. The highest BCUT2D eigenvalue weighted by molar-refractivity contribution is 6.09. The van der Waals surface area contributed by atoms with Crippen LogP contribution in [0.4, 0.5) is 0 Å². The number of hydrogen-bond donors (Lipinski definition) is 2.